The molecule has 0 radical (unpaired) electrons. The van der Waals surface area contributed by atoms with Gasteiger partial charge in [0.2, 0.25) is 0 Å². The summed E-state index contributed by atoms with van der Waals surface area (Å²) >= 11 is 3.62. The second kappa shape index (κ2) is 17.4. The number of ether oxygens (including phenoxy) is 3. The summed E-state index contributed by atoms with van der Waals surface area (Å²) in [7, 11) is 0. The van der Waals surface area contributed by atoms with Crippen LogP contribution >= 0.6 is 15.9 Å². The monoisotopic (exact) mass is 353 g/mol. The van der Waals surface area contributed by atoms with Crippen LogP contribution < -0.4 is 5.32 Å². The van der Waals surface area contributed by atoms with Crippen LogP contribution in [0.5, 0.6) is 0 Å². The van der Waals surface area contributed by atoms with Crippen LogP contribution in [0.1, 0.15) is 39.5 Å². The minimum atomic E-state index is 0.629. The number of halogens is 1. The average Bonchev–Trinajstić information content (AvgIpc) is 2.47. The highest BCUT2D eigenvalue weighted by Gasteiger charge is 1.98. The van der Waals surface area contributed by atoms with Crippen molar-refractivity contribution >= 4 is 15.9 Å². The summed E-state index contributed by atoms with van der Waals surface area (Å²) in [5, 5.41) is 3.37. The lowest BCUT2D eigenvalue weighted by molar-refractivity contribution is 0.0147. The van der Waals surface area contributed by atoms with Crippen molar-refractivity contribution < 1.29 is 14.2 Å². The summed E-state index contributed by atoms with van der Waals surface area (Å²) in [6, 6.07) is 0. The van der Waals surface area contributed by atoms with Gasteiger partial charge in [0.1, 0.15) is 0 Å². The number of hydrogen-bond acceptors (Lipinski definition) is 4. The molecule has 0 saturated carbocycles. The molecule has 4 nitrogen and oxygen atoms in total. The van der Waals surface area contributed by atoms with E-state index >= 15 is 0 Å². The van der Waals surface area contributed by atoms with Crippen LogP contribution in [0.15, 0.2) is 0 Å². The third-order valence-electron chi connectivity index (χ3n) is 2.89. The van der Waals surface area contributed by atoms with Crippen molar-refractivity contribution in [3.63, 3.8) is 0 Å². The zero-order valence-electron chi connectivity index (χ0n) is 13.2. The summed E-state index contributed by atoms with van der Waals surface area (Å²) in [5.74, 6) is 0. The van der Waals surface area contributed by atoms with Crippen molar-refractivity contribution in [1.29, 1.82) is 0 Å². The minimum absolute atomic E-state index is 0.629. The molecule has 0 rings (SSSR count). The Labute approximate surface area is 133 Å². The number of rotatable bonds is 16. The Hall–Kier alpha value is 0.320. The Morgan fingerprint density at radius 2 is 1.45 bits per heavy atom. The highest BCUT2D eigenvalue weighted by molar-refractivity contribution is 9.09. The molecule has 0 heterocycles. The molecule has 0 fully saturated rings. The van der Waals surface area contributed by atoms with E-state index in [1.54, 1.807) is 0 Å². The molecule has 0 spiro atoms. The molecule has 0 bridgehead atoms. The first-order valence-electron chi connectivity index (χ1n) is 7.89. The third kappa shape index (κ3) is 16.4. The maximum Gasteiger partial charge on any atom is 0.0701 e. The molecule has 0 aromatic carbocycles. The van der Waals surface area contributed by atoms with Crippen LogP contribution in [0.4, 0.5) is 0 Å². The van der Waals surface area contributed by atoms with Crippen molar-refractivity contribution in [3.05, 3.63) is 0 Å². The molecule has 20 heavy (non-hydrogen) atoms. The molecule has 1 unspecified atom stereocenters. The molecular weight excluding hydrogens is 322 g/mol. The van der Waals surface area contributed by atoms with Crippen LogP contribution in [-0.4, -0.2) is 57.6 Å². The lowest BCUT2D eigenvalue weighted by Crippen LogP contribution is -2.23. The normalized spacial score (nSPS) is 12.8. The van der Waals surface area contributed by atoms with Gasteiger partial charge in [0.25, 0.3) is 0 Å². The van der Waals surface area contributed by atoms with Gasteiger partial charge in [0, 0.05) is 18.0 Å². The first kappa shape index (κ1) is 20.3. The molecule has 1 N–H and O–H groups in total. The van der Waals surface area contributed by atoms with Crippen LogP contribution in [0.3, 0.4) is 0 Å². The van der Waals surface area contributed by atoms with Crippen molar-refractivity contribution in [1.82, 2.24) is 5.32 Å². The van der Waals surface area contributed by atoms with Gasteiger partial charge < -0.3 is 19.5 Å². The molecule has 0 aromatic heterocycles. The fourth-order valence-electron chi connectivity index (χ4n) is 1.52. The van der Waals surface area contributed by atoms with Crippen molar-refractivity contribution in [2.45, 2.75) is 44.4 Å². The Bertz CT molecular complexity index is 185. The second-order valence-corrected chi connectivity index (χ2v) is 6.03. The fourth-order valence-corrected chi connectivity index (χ4v) is 1.75. The van der Waals surface area contributed by atoms with E-state index in [1.807, 2.05) is 0 Å². The summed E-state index contributed by atoms with van der Waals surface area (Å²) < 4.78 is 16.3. The van der Waals surface area contributed by atoms with Crippen molar-refractivity contribution in [3.8, 4) is 0 Å². The Kier molecular flexibility index (Phi) is 17.6. The van der Waals surface area contributed by atoms with E-state index < -0.39 is 0 Å². The first-order valence-corrected chi connectivity index (χ1v) is 8.80. The van der Waals surface area contributed by atoms with E-state index in [0.29, 0.717) is 31.3 Å². The molecule has 0 aromatic rings. The number of hydrogen-bond donors (Lipinski definition) is 1. The highest BCUT2D eigenvalue weighted by atomic mass is 79.9. The molecule has 0 aliphatic carbocycles. The topological polar surface area (TPSA) is 39.7 Å². The molecular formula is C15H32BrNO3. The zero-order chi connectivity index (χ0) is 14.9. The summed E-state index contributed by atoms with van der Waals surface area (Å²) in [5.41, 5.74) is 0. The second-order valence-electron chi connectivity index (χ2n) is 4.73. The van der Waals surface area contributed by atoms with Crippen molar-refractivity contribution in [2.24, 2.45) is 0 Å². The summed E-state index contributed by atoms with van der Waals surface area (Å²) in [6.07, 6.45) is 4.65. The molecule has 0 aliphatic heterocycles. The molecule has 0 aliphatic rings. The quantitative estimate of drug-likeness (QED) is 0.342. The largest absolute Gasteiger partial charge is 0.379 e. The van der Waals surface area contributed by atoms with E-state index in [-0.39, 0.29) is 0 Å². The van der Waals surface area contributed by atoms with Gasteiger partial charge >= 0.3 is 0 Å². The Morgan fingerprint density at radius 3 is 2.05 bits per heavy atom. The van der Waals surface area contributed by atoms with Gasteiger partial charge in [0.15, 0.2) is 0 Å². The zero-order valence-corrected chi connectivity index (χ0v) is 14.8. The van der Waals surface area contributed by atoms with Gasteiger partial charge in [-0.1, -0.05) is 36.2 Å². The van der Waals surface area contributed by atoms with Gasteiger partial charge in [-0.05, 0) is 25.8 Å². The Morgan fingerprint density at radius 1 is 0.850 bits per heavy atom. The van der Waals surface area contributed by atoms with Gasteiger partial charge in [-0.2, -0.15) is 0 Å². The standard InChI is InChI=1S/C15H32BrNO3/c1-3-5-9-18-11-13-20-14-12-19-10-8-17-7-6-15(16)4-2/h15,17H,3-14H2,1-2H3. The van der Waals surface area contributed by atoms with Crippen LogP contribution in [0.2, 0.25) is 0 Å². The van der Waals surface area contributed by atoms with E-state index in [0.717, 1.165) is 39.1 Å². The number of nitrogens with one attached hydrogen (secondary N) is 1. The maximum absolute atomic E-state index is 5.47. The van der Waals surface area contributed by atoms with Crippen LogP contribution in [0, 0.1) is 0 Å². The maximum atomic E-state index is 5.47. The fraction of sp³-hybridized carbons (Fsp3) is 1.00. The van der Waals surface area contributed by atoms with Gasteiger partial charge in [0.05, 0.1) is 33.0 Å². The average molecular weight is 354 g/mol. The molecule has 122 valence electrons. The predicted octanol–water partition coefficient (Wildman–Crippen LogP) is 2.99. The van der Waals surface area contributed by atoms with E-state index in [2.05, 4.69) is 35.1 Å². The molecule has 0 amide bonds. The van der Waals surface area contributed by atoms with E-state index in [4.69, 9.17) is 14.2 Å². The molecule has 0 saturated heterocycles. The van der Waals surface area contributed by atoms with Crippen molar-refractivity contribution in [2.75, 3.05) is 52.7 Å². The summed E-state index contributed by atoms with van der Waals surface area (Å²) in [6.45, 7) is 10.5. The van der Waals surface area contributed by atoms with E-state index in [9.17, 15) is 0 Å². The highest BCUT2D eigenvalue weighted by Crippen LogP contribution is 2.07. The van der Waals surface area contributed by atoms with Gasteiger partial charge in [-0.25, -0.2) is 0 Å². The SMILES string of the molecule is CCCCOCCOCCOCCNCCC(Br)CC. The molecule has 1 atom stereocenters. The molecule has 5 heteroatoms. The van der Waals surface area contributed by atoms with Gasteiger partial charge in [-0.3, -0.25) is 0 Å². The lowest BCUT2D eigenvalue weighted by Gasteiger charge is -2.09. The number of unbranched alkanes of at least 4 members (excludes halogenated alkanes) is 1. The van der Waals surface area contributed by atoms with Gasteiger partial charge in [-0.15, -0.1) is 0 Å². The Balaban J connectivity index is 2.96. The smallest absolute Gasteiger partial charge is 0.0701 e. The predicted molar refractivity (Wildman–Crippen MR) is 87.9 cm³/mol. The van der Waals surface area contributed by atoms with Crippen LogP contribution in [-0.2, 0) is 14.2 Å². The minimum Gasteiger partial charge on any atom is -0.379 e. The third-order valence-corrected chi connectivity index (χ3v) is 3.99. The first-order chi connectivity index (χ1) is 9.81. The van der Waals surface area contributed by atoms with E-state index in [1.165, 1.54) is 12.8 Å². The summed E-state index contributed by atoms with van der Waals surface area (Å²) in [4.78, 5) is 0.629. The lowest BCUT2D eigenvalue weighted by atomic mass is 10.2. The number of alkyl halides is 1. The van der Waals surface area contributed by atoms with Crippen LogP contribution in [0.25, 0.3) is 0 Å².